The zero-order chi connectivity index (χ0) is 10.7. The van der Waals surface area contributed by atoms with E-state index in [4.69, 9.17) is 23.2 Å². The Kier molecular flexibility index (Phi) is 3.43. The lowest BCUT2D eigenvalue weighted by atomic mass is 10.1. The maximum absolute atomic E-state index is 11.0. The maximum atomic E-state index is 11.0. The first-order chi connectivity index (χ1) is 6.50. The Hall–Kier alpha value is -1.13. The SMILES string of the molecule is CC(=O)ON=C1C=C(Cl)C(=O)C(Cl)=C1. The number of hydrogen-bond donors (Lipinski definition) is 0. The molecule has 0 saturated heterocycles. The van der Waals surface area contributed by atoms with Gasteiger partial charge >= 0.3 is 5.97 Å². The van der Waals surface area contributed by atoms with Crippen LogP contribution in [-0.4, -0.2) is 17.5 Å². The number of rotatable bonds is 1. The number of carbonyl (C=O) groups excluding carboxylic acids is 2. The van der Waals surface area contributed by atoms with Crippen molar-refractivity contribution in [2.45, 2.75) is 6.92 Å². The summed E-state index contributed by atoms with van der Waals surface area (Å²) in [6.07, 6.45) is 2.53. The van der Waals surface area contributed by atoms with Crippen molar-refractivity contribution in [2.75, 3.05) is 0 Å². The Morgan fingerprint density at radius 3 is 2.29 bits per heavy atom. The van der Waals surface area contributed by atoms with E-state index in [2.05, 4.69) is 9.99 Å². The summed E-state index contributed by atoms with van der Waals surface area (Å²) in [4.78, 5) is 25.8. The first-order valence-electron chi connectivity index (χ1n) is 3.55. The van der Waals surface area contributed by atoms with E-state index in [0.29, 0.717) is 0 Å². The van der Waals surface area contributed by atoms with Gasteiger partial charge in [-0.2, -0.15) is 0 Å². The first kappa shape index (κ1) is 10.9. The predicted molar refractivity (Wildman–Crippen MR) is 52.1 cm³/mol. The fourth-order valence-electron chi connectivity index (χ4n) is 0.716. The molecular weight excluding hydrogens is 229 g/mol. The fraction of sp³-hybridized carbons (Fsp3) is 0.125. The molecule has 0 amide bonds. The summed E-state index contributed by atoms with van der Waals surface area (Å²) in [6.45, 7) is 1.20. The van der Waals surface area contributed by atoms with Crippen molar-refractivity contribution in [2.24, 2.45) is 5.16 Å². The van der Waals surface area contributed by atoms with Crippen LogP contribution in [0.15, 0.2) is 27.4 Å². The first-order valence-corrected chi connectivity index (χ1v) is 4.31. The third-order valence-corrected chi connectivity index (χ3v) is 1.82. The highest BCUT2D eigenvalue weighted by molar-refractivity contribution is 6.57. The minimum Gasteiger partial charge on any atom is -0.318 e. The largest absolute Gasteiger partial charge is 0.331 e. The maximum Gasteiger partial charge on any atom is 0.331 e. The second-order valence-electron chi connectivity index (χ2n) is 2.41. The van der Waals surface area contributed by atoms with E-state index in [9.17, 15) is 9.59 Å². The van der Waals surface area contributed by atoms with Gasteiger partial charge in [-0.3, -0.25) is 4.79 Å². The second-order valence-corrected chi connectivity index (χ2v) is 3.23. The van der Waals surface area contributed by atoms with Gasteiger partial charge in [0.05, 0.1) is 10.1 Å². The molecule has 0 aliphatic heterocycles. The zero-order valence-electron chi connectivity index (χ0n) is 7.08. The molecular formula is C8H5Cl2NO3. The van der Waals surface area contributed by atoms with Crippen molar-refractivity contribution in [3.8, 4) is 0 Å². The van der Waals surface area contributed by atoms with Gasteiger partial charge in [0, 0.05) is 6.92 Å². The standard InChI is InChI=1S/C8H5Cl2NO3/c1-4(12)14-11-5-2-6(9)8(13)7(10)3-5/h2-3H,1H3. The molecule has 1 rings (SSSR count). The van der Waals surface area contributed by atoms with E-state index < -0.39 is 11.8 Å². The van der Waals surface area contributed by atoms with Crippen LogP contribution in [-0.2, 0) is 14.4 Å². The highest BCUT2D eigenvalue weighted by Gasteiger charge is 2.17. The molecule has 0 heterocycles. The van der Waals surface area contributed by atoms with Crippen molar-refractivity contribution in [1.82, 2.24) is 0 Å². The zero-order valence-corrected chi connectivity index (χ0v) is 8.59. The molecule has 1 aliphatic carbocycles. The molecule has 0 aromatic heterocycles. The Bertz CT molecular complexity index is 358. The summed E-state index contributed by atoms with van der Waals surface area (Å²) in [5.74, 6) is -1.04. The third kappa shape index (κ3) is 2.68. The predicted octanol–water partition coefficient (Wildman–Crippen LogP) is 1.73. The summed E-state index contributed by atoms with van der Waals surface area (Å²) >= 11 is 11.1. The molecule has 1 aliphatic rings. The molecule has 0 fully saturated rings. The summed E-state index contributed by atoms with van der Waals surface area (Å²) in [7, 11) is 0. The highest BCUT2D eigenvalue weighted by atomic mass is 35.5. The van der Waals surface area contributed by atoms with E-state index in [1.807, 2.05) is 0 Å². The number of allylic oxidation sites excluding steroid dienone is 4. The van der Waals surface area contributed by atoms with E-state index in [1.165, 1.54) is 19.1 Å². The fourth-order valence-corrected chi connectivity index (χ4v) is 1.19. The van der Waals surface area contributed by atoms with E-state index >= 15 is 0 Å². The molecule has 74 valence electrons. The minimum absolute atomic E-state index is 0.0663. The lowest BCUT2D eigenvalue weighted by Crippen LogP contribution is -2.08. The van der Waals surface area contributed by atoms with Gasteiger partial charge in [0.2, 0.25) is 5.78 Å². The van der Waals surface area contributed by atoms with Gasteiger partial charge < -0.3 is 4.84 Å². The van der Waals surface area contributed by atoms with Gasteiger partial charge in [-0.15, -0.1) is 0 Å². The monoisotopic (exact) mass is 233 g/mol. The van der Waals surface area contributed by atoms with Crippen LogP contribution < -0.4 is 0 Å². The van der Waals surface area contributed by atoms with Crippen LogP contribution in [0.1, 0.15) is 6.92 Å². The summed E-state index contributed by atoms with van der Waals surface area (Å²) < 4.78 is 0. The summed E-state index contributed by atoms with van der Waals surface area (Å²) in [5.41, 5.74) is 0.217. The number of Topliss-reactive ketones (excluding diaryl/α,β-unsaturated/α-hetero) is 1. The summed E-state index contributed by atoms with van der Waals surface area (Å²) in [6, 6.07) is 0. The molecule has 0 aromatic rings. The topological polar surface area (TPSA) is 55.7 Å². The molecule has 0 atom stereocenters. The molecule has 0 unspecified atom stereocenters. The lowest BCUT2D eigenvalue weighted by molar-refractivity contribution is -0.140. The van der Waals surface area contributed by atoms with Crippen LogP contribution in [0.25, 0.3) is 0 Å². The number of hydrogen-bond acceptors (Lipinski definition) is 4. The molecule has 0 radical (unpaired) electrons. The van der Waals surface area contributed by atoms with E-state index in [0.717, 1.165) is 0 Å². The molecule has 0 N–H and O–H groups in total. The normalized spacial score (nSPS) is 15.9. The number of carbonyl (C=O) groups is 2. The van der Waals surface area contributed by atoms with Crippen LogP contribution in [0.2, 0.25) is 0 Å². The molecule has 0 bridgehead atoms. The van der Waals surface area contributed by atoms with Gasteiger partial charge in [0.25, 0.3) is 0 Å². The van der Waals surface area contributed by atoms with Crippen molar-refractivity contribution in [3.05, 3.63) is 22.2 Å². The van der Waals surface area contributed by atoms with Crippen molar-refractivity contribution < 1.29 is 14.4 Å². The van der Waals surface area contributed by atoms with Gasteiger partial charge in [-0.1, -0.05) is 28.4 Å². The Morgan fingerprint density at radius 2 is 1.86 bits per heavy atom. The minimum atomic E-state index is -0.566. The smallest absolute Gasteiger partial charge is 0.318 e. The van der Waals surface area contributed by atoms with Crippen LogP contribution in [0.3, 0.4) is 0 Å². The lowest BCUT2D eigenvalue weighted by Gasteiger charge is -2.04. The van der Waals surface area contributed by atoms with E-state index in [1.54, 1.807) is 0 Å². The molecule has 0 spiro atoms. The van der Waals surface area contributed by atoms with Crippen molar-refractivity contribution in [3.63, 3.8) is 0 Å². The second kappa shape index (κ2) is 4.39. The van der Waals surface area contributed by atoms with Gasteiger partial charge in [0.15, 0.2) is 0 Å². The number of oxime groups is 1. The van der Waals surface area contributed by atoms with Crippen LogP contribution >= 0.6 is 23.2 Å². The quantitative estimate of drug-likeness (QED) is 0.394. The molecule has 4 nitrogen and oxygen atoms in total. The van der Waals surface area contributed by atoms with E-state index in [-0.39, 0.29) is 15.8 Å². The van der Waals surface area contributed by atoms with Crippen LogP contribution in [0.4, 0.5) is 0 Å². The number of halogens is 2. The average Bonchev–Trinajstić information content (AvgIpc) is 2.10. The van der Waals surface area contributed by atoms with Gasteiger partial charge in [-0.25, -0.2) is 4.79 Å². The number of nitrogens with zero attached hydrogens (tertiary/aromatic N) is 1. The van der Waals surface area contributed by atoms with Crippen LogP contribution in [0.5, 0.6) is 0 Å². The van der Waals surface area contributed by atoms with Gasteiger partial charge in [-0.05, 0) is 12.2 Å². The Morgan fingerprint density at radius 1 is 1.36 bits per heavy atom. The Labute approximate surface area is 89.8 Å². The van der Waals surface area contributed by atoms with Gasteiger partial charge in [0.1, 0.15) is 5.71 Å². The highest BCUT2D eigenvalue weighted by Crippen LogP contribution is 2.19. The average molecular weight is 234 g/mol. The molecule has 14 heavy (non-hydrogen) atoms. The summed E-state index contributed by atoms with van der Waals surface area (Å²) in [5, 5.41) is 3.28. The number of ketones is 1. The Balaban J connectivity index is 2.88. The van der Waals surface area contributed by atoms with Crippen LogP contribution in [0, 0.1) is 0 Å². The molecule has 0 aromatic carbocycles. The third-order valence-electron chi connectivity index (χ3n) is 1.26. The van der Waals surface area contributed by atoms with Crippen molar-refractivity contribution >= 4 is 40.7 Å². The molecule has 0 saturated carbocycles. The van der Waals surface area contributed by atoms with Crippen molar-refractivity contribution in [1.29, 1.82) is 0 Å². The molecule has 6 heteroatoms.